The van der Waals surface area contributed by atoms with Gasteiger partial charge in [-0.05, 0) is 17.7 Å². The second kappa shape index (κ2) is 6.08. The van der Waals surface area contributed by atoms with Crippen LogP contribution in [-0.2, 0) is 4.74 Å². The fourth-order valence-corrected chi connectivity index (χ4v) is 2.52. The molecule has 1 saturated heterocycles. The van der Waals surface area contributed by atoms with E-state index < -0.39 is 6.04 Å². The summed E-state index contributed by atoms with van der Waals surface area (Å²) in [6, 6.07) is 5.34. The zero-order chi connectivity index (χ0) is 13.8. The van der Waals surface area contributed by atoms with Crippen LogP contribution < -0.4 is 0 Å². The van der Waals surface area contributed by atoms with Gasteiger partial charge >= 0.3 is 0 Å². The minimum Gasteiger partial charge on any atom is -0.383 e. The van der Waals surface area contributed by atoms with E-state index in [1.54, 1.807) is 19.2 Å². The number of likely N-dealkylation sites (tertiary alicyclic amines) is 1. The van der Waals surface area contributed by atoms with E-state index >= 15 is 0 Å². The van der Waals surface area contributed by atoms with Gasteiger partial charge in [0.25, 0.3) is 0 Å². The molecular weight excluding hydrogens is 251 g/mol. The maximum absolute atomic E-state index is 12.9. The van der Waals surface area contributed by atoms with Gasteiger partial charge in [0.1, 0.15) is 5.82 Å². The van der Waals surface area contributed by atoms with Crippen molar-refractivity contribution in [3.8, 4) is 0 Å². The standard InChI is InChI=1S/C13H17FN2O3/c1-19-7-6-15-8-12(13(9-15)16(17)18)10-2-4-11(14)5-3-10/h2-5,12-13H,6-9H2,1H3. The quantitative estimate of drug-likeness (QED) is 0.600. The Balaban J connectivity index is 2.12. The molecule has 0 radical (unpaired) electrons. The lowest BCUT2D eigenvalue weighted by Crippen LogP contribution is -2.29. The molecule has 0 aliphatic carbocycles. The van der Waals surface area contributed by atoms with Crippen LogP contribution in [0.1, 0.15) is 11.5 Å². The fraction of sp³-hybridized carbons (Fsp3) is 0.538. The number of benzene rings is 1. The zero-order valence-electron chi connectivity index (χ0n) is 10.8. The third-order valence-electron chi connectivity index (χ3n) is 3.55. The van der Waals surface area contributed by atoms with Crippen molar-refractivity contribution in [1.29, 1.82) is 0 Å². The predicted octanol–water partition coefficient (Wildman–Crippen LogP) is 1.52. The molecule has 2 unspecified atom stereocenters. The van der Waals surface area contributed by atoms with Crippen molar-refractivity contribution in [3.63, 3.8) is 0 Å². The van der Waals surface area contributed by atoms with Gasteiger partial charge in [0.15, 0.2) is 0 Å². The van der Waals surface area contributed by atoms with Gasteiger partial charge in [-0.3, -0.25) is 15.0 Å². The first-order valence-corrected chi connectivity index (χ1v) is 6.22. The summed E-state index contributed by atoms with van der Waals surface area (Å²) in [5.41, 5.74) is 0.822. The first-order chi connectivity index (χ1) is 9.11. The van der Waals surface area contributed by atoms with Crippen LogP contribution in [0.5, 0.6) is 0 Å². The minimum absolute atomic E-state index is 0.188. The average molecular weight is 268 g/mol. The molecular formula is C13H17FN2O3. The molecule has 1 fully saturated rings. The van der Waals surface area contributed by atoms with E-state index in [2.05, 4.69) is 0 Å². The van der Waals surface area contributed by atoms with Gasteiger partial charge in [0.2, 0.25) is 6.04 Å². The van der Waals surface area contributed by atoms with Crippen molar-refractivity contribution in [2.24, 2.45) is 0 Å². The van der Waals surface area contributed by atoms with Gasteiger partial charge in [-0.25, -0.2) is 4.39 Å². The molecule has 0 saturated carbocycles. The van der Waals surface area contributed by atoms with Crippen molar-refractivity contribution in [3.05, 3.63) is 45.8 Å². The minimum atomic E-state index is -0.637. The van der Waals surface area contributed by atoms with Crippen LogP contribution in [0.2, 0.25) is 0 Å². The molecule has 104 valence electrons. The highest BCUT2D eigenvalue weighted by Gasteiger charge is 2.41. The Kier molecular flexibility index (Phi) is 4.44. The third-order valence-corrected chi connectivity index (χ3v) is 3.55. The zero-order valence-corrected chi connectivity index (χ0v) is 10.8. The SMILES string of the molecule is COCCN1CC(c2ccc(F)cc2)C([N+](=O)[O-])C1. The van der Waals surface area contributed by atoms with E-state index in [1.165, 1.54) is 12.1 Å². The van der Waals surface area contributed by atoms with Crippen molar-refractivity contribution in [2.75, 3.05) is 33.4 Å². The molecule has 1 aliphatic rings. The summed E-state index contributed by atoms with van der Waals surface area (Å²) in [6.45, 7) is 2.26. The van der Waals surface area contributed by atoms with Crippen molar-refractivity contribution < 1.29 is 14.1 Å². The highest BCUT2D eigenvalue weighted by atomic mass is 19.1. The highest BCUT2D eigenvalue weighted by Crippen LogP contribution is 2.29. The number of rotatable bonds is 5. The molecule has 0 aromatic heterocycles. The van der Waals surface area contributed by atoms with Gasteiger partial charge in [0, 0.05) is 25.1 Å². The highest BCUT2D eigenvalue weighted by molar-refractivity contribution is 5.23. The fourth-order valence-electron chi connectivity index (χ4n) is 2.52. The number of hydrogen-bond donors (Lipinski definition) is 0. The molecule has 19 heavy (non-hydrogen) atoms. The molecule has 5 nitrogen and oxygen atoms in total. The lowest BCUT2D eigenvalue weighted by Gasteiger charge is -2.14. The summed E-state index contributed by atoms with van der Waals surface area (Å²) >= 11 is 0. The van der Waals surface area contributed by atoms with Gasteiger partial charge in [-0.2, -0.15) is 0 Å². The van der Waals surface area contributed by atoms with Crippen molar-refractivity contribution in [2.45, 2.75) is 12.0 Å². The van der Waals surface area contributed by atoms with Crippen LogP contribution >= 0.6 is 0 Å². The smallest absolute Gasteiger partial charge is 0.233 e. The van der Waals surface area contributed by atoms with Crippen LogP contribution in [0.4, 0.5) is 4.39 Å². The number of halogens is 1. The molecule has 0 spiro atoms. The summed E-state index contributed by atoms with van der Waals surface area (Å²) in [6.07, 6.45) is 0. The maximum Gasteiger partial charge on any atom is 0.233 e. The molecule has 0 N–H and O–H groups in total. The van der Waals surface area contributed by atoms with E-state index in [0.29, 0.717) is 26.2 Å². The number of hydrogen-bond acceptors (Lipinski definition) is 4. The summed E-state index contributed by atoms with van der Waals surface area (Å²) in [4.78, 5) is 12.9. The average Bonchev–Trinajstić information content (AvgIpc) is 2.81. The van der Waals surface area contributed by atoms with Gasteiger partial charge in [0.05, 0.1) is 19.1 Å². The molecule has 2 rings (SSSR count). The van der Waals surface area contributed by atoms with E-state index in [9.17, 15) is 14.5 Å². The molecule has 0 bridgehead atoms. The predicted molar refractivity (Wildman–Crippen MR) is 68.2 cm³/mol. The van der Waals surface area contributed by atoms with Crippen LogP contribution in [0.25, 0.3) is 0 Å². The maximum atomic E-state index is 12.9. The normalized spacial score (nSPS) is 23.7. The second-order valence-electron chi connectivity index (χ2n) is 4.76. The van der Waals surface area contributed by atoms with E-state index in [-0.39, 0.29) is 16.7 Å². The Morgan fingerprint density at radius 1 is 1.42 bits per heavy atom. The third kappa shape index (κ3) is 3.27. The Bertz CT molecular complexity index is 438. The van der Waals surface area contributed by atoms with Crippen molar-refractivity contribution in [1.82, 2.24) is 4.90 Å². The van der Waals surface area contributed by atoms with Crippen LogP contribution in [0.3, 0.4) is 0 Å². The Hall–Kier alpha value is -1.53. The molecule has 2 atom stereocenters. The summed E-state index contributed by atoms with van der Waals surface area (Å²) in [7, 11) is 1.61. The second-order valence-corrected chi connectivity index (χ2v) is 4.76. The Labute approximate surface area is 111 Å². The van der Waals surface area contributed by atoms with Crippen LogP contribution in [0, 0.1) is 15.9 Å². The molecule has 1 heterocycles. The molecule has 1 aromatic rings. The molecule has 1 aromatic carbocycles. The summed E-state index contributed by atoms with van der Waals surface area (Å²) in [5.74, 6) is -0.511. The Morgan fingerprint density at radius 3 is 2.68 bits per heavy atom. The van der Waals surface area contributed by atoms with Crippen molar-refractivity contribution >= 4 is 0 Å². The number of methoxy groups -OCH3 is 1. The summed E-state index contributed by atoms with van der Waals surface area (Å²) < 4.78 is 17.9. The first kappa shape index (κ1) is 13.9. The van der Waals surface area contributed by atoms with Gasteiger partial charge in [-0.1, -0.05) is 12.1 Å². The lowest BCUT2D eigenvalue weighted by molar-refractivity contribution is -0.521. The van der Waals surface area contributed by atoms with Gasteiger partial charge in [-0.15, -0.1) is 0 Å². The molecule has 0 amide bonds. The summed E-state index contributed by atoms with van der Waals surface area (Å²) in [5, 5.41) is 11.1. The Morgan fingerprint density at radius 2 is 2.11 bits per heavy atom. The molecule has 1 aliphatic heterocycles. The van der Waals surface area contributed by atoms with E-state index in [0.717, 1.165) is 5.56 Å². The van der Waals surface area contributed by atoms with Crippen LogP contribution in [-0.4, -0.2) is 49.2 Å². The number of nitrogens with zero attached hydrogens (tertiary/aromatic N) is 2. The number of nitro groups is 1. The largest absolute Gasteiger partial charge is 0.383 e. The van der Waals surface area contributed by atoms with Gasteiger partial charge < -0.3 is 4.74 Å². The lowest BCUT2D eigenvalue weighted by atomic mass is 9.95. The monoisotopic (exact) mass is 268 g/mol. The molecule has 6 heteroatoms. The first-order valence-electron chi connectivity index (χ1n) is 6.22. The van der Waals surface area contributed by atoms with E-state index in [1.807, 2.05) is 4.90 Å². The van der Waals surface area contributed by atoms with Crippen LogP contribution in [0.15, 0.2) is 24.3 Å². The number of ether oxygens (including phenoxy) is 1. The van der Waals surface area contributed by atoms with E-state index in [4.69, 9.17) is 4.74 Å². The topological polar surface area (TPSA) is 55.6 Å².